The summed E-state index contributed by atoms with van der Waals surface area (Å²) in [6, 6.07) is 28.8. The number of aromatic hydroxyl groups is 1. The van der Waals surface area contributed by atoms with Gasteiger partial charge in [0.15, 0.2) is 0 Å². The lowest BCUT2D eigenvalue weighted by Gasteiger charge is -2.28. The molecule has 0 saturated heterocycles. The van der Waals surface area contributed by atoms with Gasteiger partial charge in [-0.1, -0.05) is 71.0 Å². The van der Waals surface area contributed by atoms with Crippen molar-refractivity contribution in [2.75, 3.05) is 0 Å². The number of benzene rings is 4. The van der Waals surface area contributed by atoms with E-state index in [4.69, 9.17) is 4.74 Å². The second kappa shape index (κ2) is 10.1. The summed E-state index contributed by atoms with van der Waals surface area (Å²) >= 11 is 0. The highest BCUT2D eigenvalue weighted by Gasteiger charge is 2.25. The highest BCUT2D eigenvalue weighted by atomic mass is 32.2. The minimum absolute atomic E-state index is 0.0195. The van der Waals surface area contributed by atoms with Crippen LogP contribution in [-0.2, 0) is 20.7 Å². The van der Waals surface area contributed by atoms with E-state index >= 15 is 0 Å². The van der Waals surface area contributed by atoms with Crippen molar-refractivity contribution in [3.05, 3.63) is 114 Å². The van der Waals surface area contributed by atoms with Crippen molar-refractivity contribution in [1.82, 2.24) is 0 Å². The first-order chi connectivity index (χ1) is 17.4. The Kier molecular flexibility index (Phi) is 7.20. The summed E-state index contributed by atoms with van der Waals surface area (Å²) in [6.07, 6.45) is 1.09. The van der Waals surface area contributed by atoms with Gasteiger partial charge in [0.05, 0.1) is 9.79 Å². The van der Waals surface area contributed by atoms with Gasteiger partial charge in [-0.25, -0.2) is 8.42 Å². The van der Waals surface area contributed by atoms with Crippen molar-refractivity contribution >= 4 is 9.84 Å². The van der Waals surface area contributed by atoms with E-state index in [9.17, 15) is 13.5 Å². The standard InChI is InChI=1S/C32H34O4S/c1-6-31(2,3)23-7-9-24(10-8-23)32(4,5)25-11-15-27(16-12-25)36-28-17-21-30(22-18-28)37(34,35)29-19-13-26(33)14-20-29/h7-22,33H,6H2,1-5H3. The second-order valence-corrected chi connectivity index (χ2v) is 12.5. The fourth-order valence-electron chi connectivity index (χ4n) is 4.23. The zero-order chi connectivity index (χ0) is 26.8. The van der Waals surface area contributed by atoms with Crippen LogP contribution in [0, 0.1) is 0 Å². The predicted molar refractivity (Wildman–Crippen MR) is 148 cm³/mol. The van der Waals surface area contributed by atoms with Crippen LogP contribution in [0.5, 0.6) is 17.2 Å². The molecule has 0 aliphatic carbocycles. The Morgan fingerprint density at radius 1 is 0.622 bits per heavy atom. The number of hydrogen-bond acceptors (Lipinski definition) is 4. The molecule has 5 heteroatoms. The number of hydrogen-bond donors (Lipinski definition) is 1. The minimum Gasteiger partial charge on any atom is -0.508 e. The van der Waals surface area contributed by atoms with E-state index in [-0.39, 0.29) is 26.4 Å². The summed E-state index contributed by atoms with van der Waals surface area (Å²) in [5, 5.41) is 9.42. The van der Waals surface area contributed by atoms with Crippen LogP contribution in [0.15, 0.2) is 107 Å². The lowest BCUT2D eigenvalue weighted by molar-refractivity contribution is 0.475. The number of phenolic OH excluding ortho intramolecular Hbond substituents is 1. The second-order valence-electron chi connectivity index (χ2n) is 10.5. The van der Waals surface area contributed by atoms with Crippen molar-refractivity contribution < 1.29 is 18.3 Å². The Morgan fingerprint density at radius 3 is 1.46 bits per heavy atom. The molecular weight excluding hydrogens is 480 g/mol. The quantitative estimate of drug-likeness (QED) is 0.258. The van der Waals surface area contributed by atoms with Gasteiger partial charge in [0.25, 0.3) is 0 Å². The maximum Gasteiger partial charge on any atom is 0.206 e. The summed E-state index contributed by atoms with van der Waals surface area (Å²) < 4.78 is 31.6. The van der Waals surface area contributed by atoms with E-state index in [1.165, 1.54) is 53.1 Å². The maximum atomic E-state index is 12.8. The first-order valence-electron chi connectivity index (χ1n) is 12.5. The number of ether oxygens (including phenoxy) is 1. The molecule has 0 unspecified atom stereocenters. The van der Waals surface area contributed by atoms with Crippen molar-refractivity contribution in [2.24, 2.45) is 0 Å². The third-order valence-corrected chi connectivity index (χ3v) is 9.15. The van der Waals surface area contributed by atoms with Crippen LogP contribution in [0.1, 0.15) is 57.7 Å². The molecule has 0 spiro atoms. The average molecular weight is 515 g/mol. The first kappa shape index (κ1) is 26.5. The van der Waals surface area contributed by atoms with Crippen LogP contribution in [0.4, 0.5) is 0 Å². The minimum atomic E-state index is -3.67. The van der Waals surface area contributed by atoms with Gasteiger partial charge in [-0.2, -0.15) is 0 Å². The van der Waals surface area contributed by atoms with Gasteiger partial charge >= 0.3 is 0 Å². The molecule has 0 fully saturated rings. The molecule has 37 heavy (non-hydrogen) atoms. The Morgan fingerprint density at radius 2 is 1.00 bits per heavy atom. The zero-order valence-electron chi connectivity index (χ0n) is 22.0. The summed E-state index contributed by atoms with van der Waals surface area (Å²) in [7, 11) is -3.67. The van der Waals surface area contributed by atoms with Gasteiger partial charge in [-0.15, -0.1) is 0 Å². The zero-order valence-corrected chi connectivity index (χ0v) is 22.8. The largest absolute Gasteiger partial charge is 0.508 e. The molecule has 0 radical (unpaired) electrons. The topological polar surface area (TPSA) is 63.6 Å². The molecule has 4 aromatic carbocycles. The van der Waals surface area contributed by atoms with Crippen LogP contribution >= 0.6 is 0 Å². The van der Waals surface area contributed by atoms with Gasteiger partial charge in [0, 0.05) is 5.41 Å². The van der Waals surface area contributed by atoms with Crippen LogP contribution in [0.2, 0.25) is 0 Å². The van der Waals surface area contributed by atoms with Crippen molar-refractivity contribution in [1.29, 1.82) is 0 Å². The lowest BCUT2D eigenvalue weighted by Crippen LogP contribution is -2.20. The first-order valence-corrected chi connectivity index (χ1v) is 14.0. The van der Waals surface area contributed by atoms with E-state index in [2.05, 4.69) is 71.0 Å². The third kappa shape index (κ3) is 5.57. The van der Waals surface area contributed by atoms with Crippen LogP contribution < -0.4 is 4.74 Å². The summed E-state index contributed by atoms with van der Waals surface area (Å²) in [4.78, 5) is 0.289. The van der Waals surface area contributed by atoms with E-state index in [1.54, 1.807) is 12.1 Å². The molecule has 0 saturated carbocycles. The molecule has 4 nitrogen and oxygen atoms in total. The van der Waals surface area contributed by atoms with Crippen molar-refractivity contribution in [3.63, 3.8) is 0 Å². The highest BCUT2D eigenvalue weighted by molar-refractivity contribution is 7.91. The molecule has 0 aromatic heterocycles. The highest BCUT2D eigenvalue weighted by Crippen LogP contribution is 2.35. The lowest BCUT2D eigenvalue weighted by atomic mass is 9.76. The molecule has 4 aromatic rings. The summed E-state index contributed by atoms with van der Waals surface area (Å²) in [5.41, 5.74) is 3.77. The maximum absolute atomic E-state index is 12.8. The fraction of sp³-hybridized carbons (Fsp3) is 0.250. The fourth-order valence-corrected chi connectivity index (χ4v) is 5.49. The predicted octanol–water partition coefficient (Wildman–Crippen LogP) is 8.03. The third-order valence-electron chi connectivity index (χ3n) is 7.36. The molecular formula is C32H34O4S. The van der Waals surface area contributed by atoms with Gasteiger partial charge < -0.3 is 9.84 Å². The Balaban J connectivity index is 1.48. The molecule has 0 aliphatic heterocycles. The van der Waals surface area contributed by atoms with E-state index in [0.29, 0.717) is 11.5 Å². The van der Waals surface area contributed by atoms with Gasteiger partial charge in [-0.3, -0.25) is 0 Å². The van der Waals surface area contributed by atoms with E-state index in [1.807, 2.05) is 12.1 Å². The van der Waals surface area contributed by atoms with E-state index in [0.717, 1.165) is 6.42 Å². The van der Waals surface area contributed by atoms with Crippen molar-refractivity contribution in [2.45, 2.75) is 61.7 Å². The average Bonchev–Trinajstić information content (AvgIpc) is 2.89. The van der Waals surface area contributed by atoms with Gasteiger partial charge in [0.1, 0.15) is 17.2 Å². The summed E-state index contributed by atoms with van der Waals surface area (Å²) in [6.45, 7) is 11.2. The molecule has 4 rings (SSSR count). The van der Waals surface area contributed by atoms with Crippen LogP contribution in [-0.4, -0.2) is 13.5 Å². The molecule has 1 N–H and O–H groups in total. The smallest absolute Gasteiger partial charge is 0.206 e. The van der Waals surface area contributed by atoms with Gasteiger partial charge in [-0.05, 0) is 89.2 Å². The molecule has 0 amide bonds. The molecule has 192 valence electrons. The van der Waals surface area contributed by atoms with Crippen LogP contribution in [0.3, 0.4) is 0 Å². The van der Waals surface area contributed by atoms with Crippen LogP contribution in [0.25, 0.3) is 0 Å². The SMILES string of the molecule is CCC(C)(C)c1ccc(C(C)(C)c2ccc(Oc3ccc(S(=O)(=O)c4ccc(O)cc4)cc3)cc2)cc1. The number of phenols is 1. The number of sulfone groups is 1. The van der Waals surface area contributed by atoms with Gasteiger partial charge in [0.2, 0.25) is 9.84 Å². The van der Waals surface area contributed by atoms with Crippen molar-refractivity contribution in [3.8, 4) is 17.2 Å². The Hall–Kier alpha value is -3.57. The molecule has 0 atom stereocenters. The Bertz CT molecular complexity index is 1450. The molecule has 0 bridgehead atoms. The van der Waals surface area contributed by atoms with E-state index < -0.39 is 9.84 Å². The molecule has 0 heterocycles. The monoisotopic (exact) mass is 514 g/mol. The normalized spacial score (nSPS) is 12.4. The Labute approximate surface area is 220 Å². The number of rotatable bonds is 8. The molecule has 0 aliphatic rings. The summed E-state index contributed by atoms with van der Waals surface area (Å²) in [5.74, 6) is 1.24.